The number of ether oxygens (including phenoxy) is 2. The van der Waals surface area contributed by atoms with Crippen LogP contribution in [0.3, 0.4) is 0 Å². The lowest BCUT2D eigenvalue weighted by molar-refractivity contribution is 0.174. The van der Waals surface area contributed by atoms with E-state index in [4.69, 9.17) is 9.47 Å². The number of urea groups is 1. The van der Waals surface area contributed by atoms with Crippen molar-refractivity contribution in [2.45, 2.75) is 12.3 Å². The van der Waals surface area contributed by atoms with Crippen LogP contribution in [0.15, 0.2) is 42.5 Å². The summed E-state index contributed by atoms with van der Waals surface area (Å²) in [7, 11) is 0. The Labute approximate surface area is 144 Å². The summed E-state index contributed by atoms with van der Waals surface area (Å²) < 4.78 is 10.8. The van der Waals surface area contributed by atoms with Gasteiger partial charge in [0, 0.05) is 18.0 Å². The van der Waals surface area contributed by atoms with Gasteiger partial charge in [-0.25, -0.2) is 4.79 Å². The minimum Gasteiger partial charge on any atom is -0.454 e. The summed E-state index contributed by atoms with van der Waals surface area (Å²) in [6, 6.07) is 13.6. The normalized spacial score (nSPS) is 18.7. The highest BCUT2D eigenvalue weighted by atomic mass is 32.2. The first-order valence-electron chi connectivity index (χ1n) is 7.86. The molecule has 2 heterocycles. The lowest BCUT2D eigenvalue weighted by Gasteiger charge is -2.24. The van der Waals surface area contributed by atoms with Gasteiger partial charge < -0.3 is 19.7 Å². The zero-order valence-electron chi connectivity index (χ0n) is 13.3. The smallest absolute Gasteiger partial charge is 0.323 e. The van der Waals surface area contributed by atoms with Crippen molar-refractivity contribution in [3.05, 3.63) is 53.6 Å². The molecule has 2 aliphatic heterocycles. The second kappa shape index (κ2) is 6.28. The van der Waals surface area contributed by atoms with Crippen LogP contribution in [-0.4, -0.2) is 30.0 Å². The van der Waals surface area contributed by atoms with Gasteiger partial charge in [-0.15, -0.1) is 11.8 Å². The summed E-state index contributed by atoms with van der Waals surface area (Å²) in [6.45, 7) is 2.99. The van der Waals surface area contributed by atoms with Crippen LogP contribution in [0.4, 0.5) is 10.5 Å². The summed E-state index contributed by atoms with van der Waals surface area (Å²) in [5, 5.41) is 2.98. The molecule has 2 aromatic rings. The third kappa shape index (κ3) is 2.89. The van der Waals surface area contributed by atoms with E-state index in [-0.39, 0.29) is 18.2 Å². The van der Waals surface area contributed by atoms with E-state index in [1.54, 1.807) is 11.8 Å². The Morgan fingerprint density at radius 2 is 2.08 bits per heavy atom. The highest BCUT2D eigenvalue weighted by molar-refractivity contribution is 7.99. The quantitative estimate of drug-likeness (QED) is 0.896. The SMILES string of the molecule is Cc1cccc(NC(=O)N2CCSC2c2ccc3c(c2)OCO3)c1. The molecule has 1 N–H and O–H groups in total. The van der Waals surface area contributed by atoms with Gasteiger partial charge in [0.2, 0.25) is 6.79 Å². The van der Waals surface area contributed by atoms with Crippen molar-refractivity contribution >= 4 is 23.5 Å². The van der Waals surface area contributed by atoms with Gasteiger partial charge in [-0.1, -0.05) is 18.2 Å². The molecular weight excluding hydrogens is 324 g/mol. The Hall–Kier alpha value is -2.34. The summed E-state index contributed by atoms with van der Waals surface area (Å²) in [5.74, 6) is 2.43. The molecule has 0 aliphatic carbocycles. The Bertz CT molecular complexity index is 781. The van der Waals surface area contributed by atoms with Gasteiger partial charge in [0.25, 0.3) is 0 Å². The maximum Gasteiger partial charge on any atom is 0.323 e. The highest BCUT2D eigenvalue weighted by Crippen LogP contribution is 2.42. The third-order valence-corrected chi connectivity index (χ3v) is 5.36. The number of fused-ring (bicyclic) bond motifs is 1. The van der Waals surface area contributed by atoms with E-state index in [9.17, 15) is 4.79 Å². The molecule has 1 saturated heterocycles. The van der Waals surface area contributed by atoms with Gasteiger partial charge in [0.05, 0.1) is 0 Å². The molecule has 2 aliphatic rings. The summed E-state index contributed by atoms with van der Waals surface area (Å²) in [5.41, 5.74) is 3.00. The number of rotatable bonds is 2. The first-order valence-corrected chi connectivity index (χ1v) is 8.91. The molecule has 24 heavy (non-hydrogen) atoms. The number of nitrogens with one attached hydrogen (secondary N) is 1. The van der Waals surface area contributed by atoms with Crippen molar-refractivity contribution in [1.29, 1.82) is 0 Å². The topological polar surface area (TPSA) is 50.8 Å². The molecule has 0 saturated carbocycles. The lowest BCUT2D eigenvalue weighted by Crippen LogP contribution is -2.34. The van der Waals surface area contributed by atoms with E-state index in [0.29, 0.717) is 0 Å². The number of thioether (sulfide) groups is 1. The lowest BCUT2D eigenvalue weighted by atomic mass is 10.2. The van der Waals surface area contributed by atoms with Crippen LogP contribution in [-0.2, 0) is 0 Å². The Kier molecular flexibility index (Phi) is 3.98. The van der Waals surface area contributed by atoms with E-state index < -0.39 is 0 Å². The third-order valence-electron chi connectivity index (χ3n) is 4.10. The second-order valence-corrected chi connectivity index (χ2v) is 7.02. The van der Waals surface area contributed by atoms with Crippen LogP contribution in [0, 0.1) is 6.92 Å². The van der Waals surface area contributed by atoms with E-state index in [2.05, 4.69) is 5.32 Å². The molecule has 0 aromatic heterocycles. The van der Waals surface area contributed by atoms with Gasteiger partial charge in [-0.3, -0.25) is 0 Å². The van der Waals surface area contributed by atoms with Crippen molar-refractivity contribution in [1.82, 2.24) is 4.90 Å². The Balaban J connectivity index is 1.53. The van der Waals surface area contributed by atoms with E-state index in [0.717, 1.165) is 40.6 Å². The number of carbonyl (C=O) groups is 1. The molecule has 1 fully saturated rings. The molecular formula is C18H18N2O3S. The monoisotopic (exact) mass is 342 g/mol. The number of hydrogen-bond acceptors (Lipinski definition) is 4. The summed E-state index contributed by atoms with van der Waals surface area (Å²) in [4.78, 5) is 14.6. The van der Waals surface area contributed by atoms with Crippen molar-refractivity contribution in [2.24, 2.45) is 0 Å². The molecule has 0 bridgehead atoms. The number of carbonyl (C=O) groups excluding carboxylic acids is 1. The van der Waals surface area contributed by atoms with E-state index >= 15 is 0 Å². The molecule has 2 aromatic carbocycles. The number of nitrogens with zero attached hydrogens (tertiary/aromatic N) is 1. The first-order chi connectivity index (χ1) is 11.7. The van der Waals surface area contributed by atoms with Gasteiger partial charge in [-0.2, -0.15) is 0 Å². The first kappa shape index (κ1) is 15.2. The van der Waals surface area contributed by atoms with E-state index in [1.165, 1.54) is 0 Å². The minimum absolute atomic E-state index is 0.00990. The van der Waals surface area contributed by atoms with Crippen LogP contribution in [0.25, 0.3) is 0 Å². The maximum absolute atomic E-state index is 12.7. The minimum atomic E-state index is -0.0757. The summed E-state index contributed by atoms with van der Waals surface area (Å²) in [6.07, 6.45) is 0. The van der Waals surface area contributed by atoms with Crippen LogP contribution in [0.2, 0.25) is 0 Å². The predicted octanol–water partition coefficient (Wildman–Crippen LogP) is 4.00. The fraction of sp³-hybridized carbons (Fsp3) is 0.278. The van der Waals surface area contributed by atoms with Gasteiger partial charge >= 0.3 is 6.03 Å². The maximum atomic E-state index is 12.7. The molecule has 1 atom stereocenters. The van der Waals surface area contributed by atoms with Crippen molar-refractivity contribution in [3.8, 4) is 11.5 Å². The number of benzene rings is 2. The zero-order chi connectivity index (χ0) is 16.5. The highest BCUT2D eigenvalue weighted by Gasteiger charge is 2.31. The number of anilines is 1. The number of amides is 2. The fourth-order valence-corrected chi connectivity index (χ4v) is 4.18. The predicted molar refractivity (Wildman–Crippen MR) is 94.7 cm³/mol. The van der Waals surface area contributed by atoms with Crippen molar-refractivity contribution in [3.63, 3.8) is 0 Å². The van der Waals surface area contributed by atoms with Gasteiger partial charge in [0.15, 0.2) is 11.5 Å². The molecule has 0 radical (unpaired) electrons. The molecule has 1 unspecified atom stereocenters. The molecule has 4 rings (SSSR count). The largest absolute Gasteiger partial charge is 0.454 e. The van der Waals surface area contributed by atoms with Crippen LogP contribution >= 0.6 is 11.8 Å². The van der Waals surface area contributed by atoms with Crippen LogP contribution in [0.5, 0.6) is 11.5 Å². The van der Waals surface area contributed by atoms with Crippen LogP contribution in [0.1, 0.15) is 16.5 Å². The average Bonchev–Trinajstić information content (AvgIpc) is 3.23. The fourth-order valence-electron chi connectivity index (χ4n) is 2.94. The van der Waals surface area contributed by atoms with Crippen molar-refractivity contribution in [2.75, 3.05) is 24.4 Å². The second-order valence-electron chi connectivity index (χ2n) is 5.83. The molecule has 5 nitrogen and oxygen atoms in total. The summed E-state index contributed by atoms with van der Waals surface area (Å²) >= 11 is 1.76. The molecule has 0 spiro atoms. The molecule has 6 heteroatoms. The zero-order valence-corrected chi connectivity index (χ0v) is 14.1. The standard InChI is InChI=1S/C18H18N2O3S/c1-12-3-2-4-14(9-12)19-18(21)20-7-8-24-17(20)13-5-6-15-16(10-13)23-11-22-15/h2-6,9-10,17H,7-8,11H2,1H3,(H,19,21). The van der Waals surface area contributed by atoms with E-state index in [1.807, 2.05) is 54.3 Å². The van der Waals surface area contributed by atoms with Crippen LogP contribution < -0.4 is 14.8 Å². The van der Waals surface area contributed by atoms with Crippen molar-refractivity contribution < 1.29 is 14.3 Å². The Morgan fingerprint density at radius 1 is 1.21 bits per heavy atom. The average molecular weight is 342 g/mol. The molecule has 124 valence electrons. The number of aryl methyl sites for hydroxylation is 1. The Morgan fingerprint density at radius 3 is 2.96 bits per heavy atom. The van der Waals surface area contributed by atoms with Gasteiger partial charge in [-0.05, 0) is 42.3 Å². The van der Waals surface area contributed by atoms with Gasteiger partial charge in [0.1, 0.15) is 5.37 Å². The number of hydrogen-bond donors (Lipinski definition) is 1. The molecule has 2 amide bonds.